The van der Waals surface area contributed by atoms with Gasteiger partial charge in [-0.05, 0) is 41.8 Å². The lowest BCUT2D eigenvalue weighted by Gasteiger charge is -2.44. The number of benzene rings is 2. The van der Waals surface area contributed by atoms with E-state index in [2.05, 4.69) is 6.07 Å². The third kappa shape index (κ3) is 3.42. The summed E-state index contributed by atoms with van der Waals surface area (Å²) in [6.45, 7) is 1.13. The van der Waals surface area contributed by atoms with E-state index in [-0.39, 0.29) is 29.3 Å². The molecule has 0 bridgehead atoms. The van der Waals surface area contributed by atoms with Crippen molar-refractivity contribution in [3.8, 4) is 0 Å². The molecule has 1 fully saturated rings. The van der Waals surface area contributed by atoms with E-state index in [1.807, 2.05) is 23.1 Å². The number of hydrogen-bond acceptors (Lipinski definition) is 4. The van der Waals surface area contributed by atoms with Gasteiger partial charge in [-0.1, -0.05) is 24.3 Å². The van der Waals surface area contributed by atoms with E-state index < -0.39 is 10.0 Å². The Labute approximate surface area is 170 Å². The molecule has 0 aliphatic carbocycles. The van der Waals surface area contributed by atoms with Gasteiger partial charge in [0.1, 0.15) is 6.54 Å². The summed E-state index contributed by atoms with van der Waals surface area (Å²) in [5, 5.41) is 0. The van der Waals surface area contributed by atoms with Crippen molar-refractivity contribution in [2.45, 2.75) is 17.4 Å². The first kappa shape index (κ1) is 19.6. The zero-order valence-electron chi connectivity index (χ0n) is 16.4. The van der Waals surface area contributed by atoms with E-state index in [9.17, 15) is 18.0 Å². The summed E-state index contributed by atoms with van der Waals surface area (Å²) < 4.78 is 25.6. The predicted octanol–water partition coefficient (Wildman–Crippen LogP) is 1.52. The highest BCUT2D eigenvalue weighted by Crippen LogP contribution is 2.33. The maximum absolute atomic E-state index is 13.0. The molecule has 0 N–H and O–H groups in total. The number of sulfonamides is 1. The molecule has 0 saturated carbocycles. The first-order valence-electron chi connectivity index (χ1n) is 9.48. The van der Waals surface area contributed by atoms with Gasteiger partial charge in [0.2, 0.25) is 15.9 Å². The van der Waals surface area contributed by atoms with Crippen molar-refractivity contribution in [1.82, 2.24) is 14.1 Å². The lowest BCUT2D eigenvalue weighted by atomic mass is 9.90. The van der Waals surface area contributed by atoms with E-state index in [4.69, 9.17) is 0 Å². The van der Waals surface area contributed by atoms with Crippen LogP contribution in [0.15, 0.2) is 53.4 Å². The maximum Gasteiger partial charge on any atom is 0.254 e. The maximum atomic E-state index is 13.0. The molecule has 2 aromatic rings. The van der Waals surface area contributed by atoms with Gasteiger partial charge in [-0.3, -0.25) is 9.59 Å². The molecule has 7 nitrogen and oxygen atoms in total. The van der Waals surface area contributed by atoms with Crippen molar-refractivity contribution < 1.29 is 18.0 Å². The van der Waals surface area contributed by atoms with Gasteiger partial charge in [0.05, 0.1) is 10.9 Å². The second-order valence-corrected chi connectivity index (χ2v) is 9.70. The Bertz CT molecular complexity index is 1060. The smallest absolute Gasteiger partial charge is 0.254 e. The zero-order valence-corrected chi connectivity index (χ0v) is 17.2. The number of carbonyl (C=O) groups excluding carboxylic acids is 2. The molecule has 8 heteroatoms. The topological polar surface area (TPSA) is 78.0 Å². The number of nitrogens with zero attached hydrogens (tertiary/aromatic N) is 3. The van der Waals surface area contributed by atoms with Crippen molar-refractivity contribution in [3.05, 3.63) is 65.2 Å². The van der Waals surface area contributed by atoms with Gasteiger partial charge in [-0.15, -0.1) is 0 Å². The van der Waals surface area contributed by atoms with Crippen LogP contribution in [0.2, 0.25) is 0 Å². The minimum absolute atomic E-state index is 0.0370. The van der Waals surface area contributed by atoms with Gasteiger partial charge in [0.15, 0.2) is 0 Å². The fourth-order valence-corrected chi connectivity index (χ4v) is 4.89. The van der Waals surface area contributed by atoms with Crippen molar-refractivity contribution in [2.75, 3.05) is 33.7 Å². The summed E-state index contributed by atoms with van der Waals surface area (Å²) >= 11 is 0. The third-order valence-electron chi connectivity index (χ3n) is 5.62. The minimum Gasteiger partial charge on any atom is -0.332 e. The molecule has 1 saturated heterocycles. The Hall–Kier alpha value is -2.71. The van der Waals surface area contributed by atoms with Crippen LogP contribution in [-0.4, -0.2) is 68.1 Å². The number of rotatable bonds is 3. The molecule has 0 spiro atoms. The fraction of sp³-hybridized carbons (Fsp3) is 0.333. The highest BCUT2D eigenvalue weighted by atomic mass is 32.2. The first-order valence-corrected chi connectivity index (χ1v) is 10.9. The normalized spacial score (nSPS) is 19.1. The molecule has 2 heterocycles. The second kappa shape index (κ2) is 7.27. The van der Waals surface area contributed by atoms with Gasteiger partial charge in [0, 0.05) is 32.7 Å². The largest absolute Gasteiger partial charge is 0.332 e. The minimum atomic E-state index is -3.55. The number of carbonyl (C=O) groups is 2. The van der Waals surface area contributed by atoms with Crippen molar-refractivity contribution in [3.63, 3.8) is 0 Å². The van der Waals surface area contributed by atoms with Crippen LogP contribution in [0.25, 0.3) is 0 Å². The van der Waals surface area contributed by atoms with E-state index in [0.717, 1.165) is 16.3 Å². The summed E-state index contributed by atoms with van der Waals surface area (Å²) in [7, 11) is -0.635. The van der Waals surface area contributed by atoms with Crippen molar-refractivity contribution in [2.24, 2.45) is 0 Å². The Morgan fingerprint density at radius 2 is 1.76 bits per heavy atom. The predicted molar refractivity (Wildman–Crippen MR) is 108 cm³/mol. The standard InChI is InChI=1S/C21H23N3O4S/c1-22(2)29(27,28)17-9-7-16(8-10-17)21(26)23-13-19-18-6-4-3-5-15(18)11-12-24(19)20(25)14-23/h3-10,19H,11-14H2,1-2H3. The first-order chi connectivity index (χ1) is 13.8. The third-order valence-corrected chi connectivity index (χ3v) is 7.45. The molecule has 2 amide bonds. The Morgan fingerprint density at radius 1 is 1.07 bits per heavy atom. The lowest BCUT2D eigenvalue weighted by molar-refractivity contribution is -0.139. The molecule has 0 aromatic heterocycles. The SMILES string of the molecule is CN(C)S(=O)(=O)c1ccc(C(=O)N2CC(=O)N3CCc4ccccc4C3C2)cc1. The van der Waals surface area contributed by atoms with Crippen LogP contribution < -0.4 is 0 Å². The molecule has 2 aliphatic rings. The molecule has 2 aromatic carbocycles. The molecular weight excluding hydrogens is 390 g/mol. The van der Waals surface area contributed by atoms with Crippen molar-refractivity contribution in [1.29, 1.82) is 0 Å². The molecule has 152 valence electrons. The number of hydrogen-bond donors (Lipinski definition) is 0. The molecular formula is C21H23N3O4S. The Kier molecular flexibility index (Phi) is 4.92. The molecule has 2 aliphatic heterocycles. The van der Waals surface area contributed by atoms with Crippen molar-refractivity contribution >= 4 is 21.8 Å². The van der Waals surface area contributed by atoms with Crippen LogP contribution in [0, 0.1) is 0 Å². The van der Waals surface area contributed by atoms with E-state index >= 15 is 0 Å². The van der Waals surface area contributed by atoms with Crippen LogP contribution in [-0.2, 0) is 21.2 Å². The molecule has 29 heavy (non-hydrogen) atoms. The van der Waals surface area contributed by atoms with Crippen LogP contribution in [0.1, 0.15) is 27.5 Å². The Balaban J connectivity index is 1.58. The zero-order chi connectivity index (χ0) is 20.8. The monoisotopic (exact) mass is 413 g/mol. The summed E-state index contributed by atoms with van der Waals surface area (Å²) in [5.41, 5.74) is 2.68. The molecule has 1 unspecified atom stereocenters. The Morgan fingerprint density at radius 3 is 2.45 bits per heavy atom. The number of piperazine rings is 1. The summed E-state index contributed by atoms with van der Waals surface area (Å²) in [6, 6.07) is 13.8. The highest BCUT2D eigenvalue weighted by molar-refractivity contribution is 7.89. The second-order valence-electron chi connectivity index (χ2n) is 7.55. The summed E-state index contributed by atoms with van der Waals surface area (Å²) in [6.07, 6.45) is 0.828. The summed E-state index contributed by atoms with van der Waals surface area (Å²) in [4.78, 5) is 29.3. The van der Waals surface area contributed by atoms with E-state index in [0.29, 0.717) is 18.7 Å². The van der Waals surface area contributed by atoms with Crippen LogP contribution >= 0.6 is 0 Å². The van der Waals surface area contributed by atoms with Gasteiger partial charge < -0.3 is 9.80 Å². The molecule has 1 atom stereocenters. The highest BCUT2D eigenvalue weighted by Gasteiger charge is 2.38. The van der Waals surface area contributed by atoms with Crippen LogP contribution in [0.5, 0.6) is 0 Å². The molecule has 4 rings (SSSR count). The quantitative estimate of drug-likeness (QED) is 0.764. The van der Waals surface area contributed by atoms with E-state index in [1.165, 1.54) is 43.9 Å². The van der Waals surface area contributed by atoms with Gasteiger partial charge >= 0.3 is 0 Å². The van der Waals surface area contributed by atoms with Crippen LogP contribution in [0.3, 0.4) is 0 Å². The van der Waals surface area contributed by atoms with Gasteiger partial charge in [0.25, 0.3) is 5.91 Å². The van der Waals surface area contributed by atoms with E-state index in [1.54, 1.807) is 4.90 Å². The number of fused-ring (bicyclic) bond motifs is 3. The number of amides is 2. The average molecular weight is 413 g/mol. The average Bonchev–Trinajstić information content (AvgIpc) is 2.73. The van der Waals surface area contributed by atoms with Gasteiger partial charge in [-0.25, -0.2) is 12.7 Å². The lowest BCUT2D eigenvalue weighted by Crippen LogP contribution is -2.55. The van der Waals surface area contributed by atoms with Crippen LogP contribution in [0.4, 0.5) is 0 Å². The summed E-state index contributed by atoms with van der Waals surface area (Å²) in [5.74, 6) is -0.328. The fourth-order valence-electron chi connectivity index (χ4n) is 3.99. The molecule has 0 radical (unpaired) electrons. The van der Waals surface area contributed by atoms with Gasteiger partial charge in [-0.2, -0.15) is 0 Å².